The van der Waals surface area contributed by atoms with Gasteiger partial charge < -0.3 is 0 Å². The van der Waals surface area contributed by atoms with Crippen LogP contribution in [0.5, 0.6) is 0 Å². The topological polar surface area (TPSA) is 118 Å². The maximum atomic E-state index is 10.2. The van der Waals surface area contributed by atoms with Crippen molar-refractivity contribution in [1.82, 2.24) is 0 Å². The smallest absolute Gasteiger partial charge is 0.211 e. The molecule has 2 rings (SSSR count). The van der Waals surface area contributed by atoms with Gasteiger partial charge in [-0.2, -0.15) is 20.0 Å². The van der Waals surface area contributed by atoms with Gasteiger partial charge in [-0.05, 0) is 39.7 Å². The van der Waals surface area contributed by atoms with Gasteiger partial charge in [0, 0.05) is 12.8 Å². The Balaban J connectivity index is 0.000000280. The summed E-state index contributed by atoms with van der Waals surface area (Å²) in [7, 11) is 0. The van der Waals surface area contributed by atoms with Crippen LogP contribution >= 0.6 is 0 Å². The van der Waals surface area contributed by atoms with E-state index in [2.05, 4.69) is 20.0 Å². The Kier molecular flexibility index (Phi) is 7.82. The third kappa shape index (κ3) is 6.48. The van der Waals surface area contributed by atoms with Gasteiger partial charge >= 0.3 is 0 Å². The highest BCUT2D eigenvalue weighted by atomic mass is 16.1. The van der Waals surface area contributed by atoms with E-state index >= 15 is 0 Å². The first-order valence-electron chi connectivity index (χ1n) is 8.56. The van der Waals surface area contributed by atoms with Gasteiger partial charge in [-0.15, -0.1) is 0 Å². The predicted molar refractivity (Wildman–Crippen MR) is 103 cm³/mol. The molecule has 0 spiro atoms. The molecule has 146 valence electrons. The second-order valence-electron chi connectivity index (χ2n) is 7.45. The number of aliphatic imine (C=N–C) groups is 4. The molecule has 8 nitrogen and oxygen atoms in total. The third-order valence-electron chi connectivity index (χ3n) is 4.54. The van der Waals surface area contributed by atoms with Crippen LogP contribution in [-0.2, 0) is 19.2 Å². The van der Waals surface area contributed by atoms with E-state index in [4.69, 9.17) is 0 Å². The van der Waals surface area contributed by atoms with Crippen molar-refractivity contribution in [3.05, 3.63) is 35.6 Å². The first kappa shape index (κ1) is 22.8. The molecule has 2 aliphatic carbocycles. The minimum atomic E-state index is -0.628. The maximum Gasteiger partial charge on any atom is 0.240 e. The summed E-state index contributed by atoms with van der Waals surface area (Å²) in [5, 5.41) is 0. The lowest BCUT2D eigenvalue weighted by Gasteiger charge is -2.33. The molecule has 0 aromatic carbocycles. The molecule has 0 heterocycles. The summed E-state index contributed by atoms with van der Waals surface area (Å²) in [6.07, 6.45) is 15.1. The minimum Gasteiger partial charge on any atom is -0.211 e. The van der Waals surface area contributed by atoms with Crippen LogP contribution in [0.2, 0.25) is 0 Å². The fourth-order valence-electron chi connectivity index (χ4n) is 3.15. The van der Waals surface area contributed by atoms with Crippen molar-refractivity contribution in [3.63, 3.8) is 0 Å². The number of hydrogen-bond donors (Lipinski definition) is 0. The monoisotopic (exact) mass is 382 g/mol. The summed E-state index contributed by atoms with van der Waals surface area (Å²) in [6, 6.07) is 0. The highest BCUT2D eigenvalue weighted by molar-refractivity contribution is 5.44. The molecule has 0 saturated heterocycles. The fraction of sp³-hybridized carbons (Fsp3) is 0.500. The highest BCUT2D eigenvalue weighted by Crippen LogP contribution is 2.35. The molecule has 0 N–H and O–H groups in total. The largest absolute Gasteiger partial charge is 0.240 e. The van der Waals surface area contributed by atoms with E-state index in [9.17, 15) is 19.2 Å². The van der Waals surface area contributed by atoms with Gasteiger partial charge in [-0.1, -0.05) is 24.3 Å². The van der Waals surface area contributed by atoms with E-state index in [0.29, 0.717) is 25.0 Å². The number of carbonyl (C=O) groups excluding carboxylic acids is 4. The van der Waals surface area contributed by atoms with Gasteiger partial charge in [0.1, 0.15) is 0 Å². The normalized spacial score (nSPS) is 30.4. The number of rotatable bonds is 4. The van der Waals surface area contributed by atoms with Crippen LogP contribution in [0.3, 0.4) is 0 Å². The molecular formula is C20H22N4O4. The van der Waals surface area contributed by atoms with E-state index < -0.39 is 16.6 Å². The van der Waals surface area contributed by atoms with Gasteiger partial charge in [0.2, 0.25) is 24.3 Å². The molecule has 3 unspecified atom stereocenters. The van der Waals surface area contributed by atoms with E-state index in [1.807, 2.05) is 32.9 Å². The first-order chi connectivity index (χ1) is 13.1. The van der Waals surface area contributed by atoms with Crippen molar-refractivity contribution < 1.29 is 19.2 Å². The van der Waals surface area contributed by atoms with Crippen LogP contribution in [0.1, 0.15) is 47.0 Å². The number of allylic oxidation sites excluding steroid dienone is 2. The van der Waals surface area contributed by atoms with Gasteiger partial charge in [0.15, 0.2) is 0 Å². The van der Waals surface area contributed by atoms with Crippen molar-refractivity contribution in [2.45, 2.75) is 63.6 Å². The second-order valence-corrected chi connectivity index (χ2v) is 7.45. The summed E-state index contributed by atoms with van der Waals surface area (Å²) in [5.41, 5.74) is -0.201. The lowest BCUT2D eigenvalue weighted by Crippen LogP contribution is -2.36. The number of nitrogens with zero attached hydrogens (tertiary/aromatic N) is 4. The zero-order chi connectivity index (χ0) is 21.3. The van der Waals surface area contributed by atoms with Crippen molar-refractivity contribution in [2.24, 2.45) is 20.0 Å². The lowest BCUT2D eigenvalue weighted by atomic mass is 9.78. The van der Waals surface area contributed by atoms with E-state index in [0.717, 1.165) is 5.57 Å². The highest BCUT2D eigenvalue weighted by Gasteiger charge is 2.36. The summed E-state index contributed by atoms with van der Waals surface area (Å²) < 4.78 is 0. The molecule has 0 radical (unpaired) electrons. The molecule has 0 aliphatic heterocycles. The third-order valence-corrected chi connectivity index (χ3v) is 4.54. The summed E-state index contributed by atoms with van der Waals surface area (Å²) in [5.74, 6) is 0. The predicted octanol–water partition coefficient (Wildman–Crippen LogP) is 3.18. The standard InChI is InChI=1S/C10H10N2O2.C10H12N2O2/c1-8-3-4-10(2,12-7-14)5-9(8)11-6-13;1-9(11-7-13)4-3-5-10(2,6-9)12-8-14/h3-4H,5H2,1-2H3;3-4H,5-6H2,1-2H3. The van der Waals surface area contributed by atoms with Crippen LogP contribution in [-0.4, -0.2) is 40.9 Å². The van der Waals surface area contributed by atoms with Gasteiger partial charge in [-0.3, -0.25) is 0 Å². The molecule has 8 heteroatoms. The molecule has 0 aromatic rings. The van der Waals surface area contributed by atoms with Crippen molar-refractivity contribution in [1.29, 1.82) is 0 Å². The van der Waals surface area contributed by atoms with Gasteiger partial charge in [0.05, 0.1) is 22.3 Å². The molecule has 3 atom stereocenters. The molecular weight excluding hydrogens is 360 g/mol. The molecule has 0 amide bonds. The van der Waals surface area contributed by atoms with Gasteiger partial charge in [0.25, 0.3) is 0 Å². The molecule has 28 heavy (non-hydrogen) atoms. The van der Waals surface area contributed by atoms with Crippen molar-refractivity contribution >= 4 is 24.3 Å². The Morgan fingerprint density at radius 3 is 2.04 bits per heavy atom. The van der Waals surface area contributed by atoms with Crippen LogP contribution in [0.25, 0.3) is 0 Å². The van der Waals surface area contributed by atoms with Crippen molar-refractivity contribution in [2.75, 3.05) is 0 Å². The number of isocyanates is 4. The second kappa shape index (κ2) is 9.61. The SMILES string of the molecule is CC1(N=C=O)C=CCC(C)(N=C=O)C1.CC1=C(N=C=O)CC(C)(N=C=O)C=C1. The maximum absolute atomic E-state index is 10.2. The van der Waals surface area contributed by atoms with E-state index in [1.54, 1.807) is 31.2 Å². The molecule has 0 bridgehead atoms. The molecule has 2 aliphatic rings. The fourth-order valence-corrected chi connectivity index (χ4v) is 3.15. The Labute approximate surface area is 163 Å². The van der Waals surface area contributed by atoms with Crippen LogP contribution < -0.4 is 0 Å². The first-order valence-corrected chi connectivity index (χ1v) is 8.56. The average Bonchev–Trinajstić information content (AvgIpc) is 2.59. The molecule has 0 saturated carbocycles. The lowest BCUT2D eigenvalue weighted by molar-refractivity contribution is 0.340. The van der Waals surface area contributed by atoms with Crippen LogP contribution in [0.4, 0.5) is 0 Å². The average molecular weight is 382 g/mol. The Hall–Kier alpha value is -3.26. The summed E-state index contributed by atoms with van der Waals surface area (Å²) in [4.78, 5) is 55.4. The van der Waals surface area contributed by atoms with E-state index in [1.165, 1.54) is 12.2 Å². The Morgan fingerprint density at radius 1 is 0.857 bits per heavy atom. The Bertz CT molecular complexity index is 895. The summed E-state index contributed by atoms with van der Waals surface area (Å²) >= 11 is 0. The number of hydrogen-bond acceptors (Lipinski definition) is 8. The van der Waals surface area contributed by atoms with Gasteiger partial charge in [-0.25, -0.2) is 19.2 Å². The van der Waals surface area contributed by atoms with E-state index in [-0.39, 0.29) is 0 Å². The van der Waals surface area contributed by atoms with Crippen LogP contribution in [0, 0.1) is 0 Å². The summed E-state index contributed by atoms with van der Waals surface area (Å²) in [6.45, 7) is 7.28. The minimum absolute atomic E-state index is 0.430. The van der Waals surface area contributed by atoms with Crippen molar-refractivity contribution in [3.8, 4) is 0 Å². The zero-order valence-electron chi connectivity index (χ0n) is 16.4. The zero-order valence-corrected chi connectivity index (χ0v) is 16.4. The molecule has 0 fully saturated rings. The molecule has 0 aromatic heterocycles. The Morgan fingerprint density at radius 2 is 1.46 bits per heavy atom. The van der Waals surface area contributed by atoms with Crippen LogP contribution in [0.15, 0.2) is 55.5 Å². The quantitative estimate of drug-likeness (QED) is 0.421.